The third-order valence-corrected chi connectivity index (χ3v) is 12.5. The molecule has 5 rings (SSSR count). The zero-order valence-corrected chi connectivity index (χ0v) is 21.6. The molecule has 0 bridgehead atoms. The molecule has 0 saturated heterocycles. The summed E-state index contributed by atoms with van der Waals surface area (Å²) in [4.78, 5) is 0. The van der Waals surface area contributed by atoms with Gasteiger partial charge in [0.2, 0.25) is 0 Å². The monoisotopic (exact) mass is 426 g/mol. The summed E-state index contributed by atoms with van der Waals surface area (Å²) in [7, 11) is 2.03. The van der Waals surface area contributed by atoms with Gasteiger partial charge >= 0.3 is 0 Å². The highest BCUT2D eigenvalue weighted by molar-refractivity contribution is 5.26. The third-order valence-electron chi connectivity index (χ3n) is 12.5. The SMILES string of the molecule is CC[C@H](/C=C/[C@@H](C)[C@H]1CC[C@H]2[C@@H]3C[C@@H](OC)[C@]45C[C@H]4CC[C@]5(C)[C@H]3CC[C@]12C)C(C)C. The standard InChI is InChI=1S/C30H50O/c1-8-21(19(2)3)10-9-20(4)24-11-12-25-23-17-27(31-7)30-18-22(30)13-16-29(30,6)26(23)14-15-28(24,25)5/h9-10,19-27H,8,11-18H2,1-7H3/b10-9+/t20-,21-,22-,23+,24-,25+,26+,27-,28-,29-,30+/m1/s1. The van der Waals surface area contributed by atoms with Gasteiger partial charge in [0.15, 0.2) is 0 Å². The van der Waals surface area contributed by atoms with Crippen LogP contribution in [0.25, 0.3) is 0 Å². The van der Waals surface area contributed by atoms with E-state index in [-0.39, 0.29) is 0 Å². The normalized spacial score (nSPS) is 52.5. The lowest BCUT2D eigenvalue weighted by Crippen LogP contribution is -2.57. The van der Waals surface area contributed by atoms with Gasteiger partial charge in [0.25, 0.3) is 0 Å². The van der Waals surface area contributed by atoms with Crippen LogP contribution in [0.15, 0.2) is 12.2 Å². The second-order valence-electron chi connectivity index (χ2n) is 13.5. The van der Waals surface area contributed by atoms with Gasteiger partial charge in [0, 0.05) is 12.5 Å². The summed E-state index contributed by atoms with van der Waals surface area (Å²) in [6, 6.07) is 0. The van der Waals surface area contributed by atoms with Crippen LogP contribution >= 0.6 is 0 Å². The predicted molar refractivity (Wildman–Crippen MR) is 131 cm³/mol. The van der Waals surface area contributed by atoms with E-state index in [2.05, 4.69) is 53.7 Å². The number of ether oxygens (including phenoxy) is 1. The van der Waals surface area contributed by atoms with E-state index in [1.165, 1.54) is 57.8 Å². The van der Waals surface area contributed by atoms with E-state index in [4.69, 9.17) is 4.74 Å². The molecule has 0 heterocycles. The Kier molecular flexibility index (Phi) is 5.52. The van der Waals surface area contributed by atoms with Crippen LogP contribution < -0.4 is 0 Å². The van der Waals surface area contributed by atoms with Gasteiger partial charge in [0.05, 0.1) is 6.10 Å². The Balaban J connectivity index is 1.37. The largest absolute Gasteiger partial charge is 0.381 e. The number of rotatable bonds is 6. The van der Waals surface area contributed by atoms with Crippen molar-refractivity contribution in [3.63, 3.8) is 0 Å². The van der Waals surface area contributed by atoms with Crippen LogP contribution in [0, 0.1) is 63.6 Å². The zero-order valence-electron chi connectivity index (χ0n) is 21.6. The maximum Gasteiger partial charge on any atom is 0.0638 e. The van der Waals surface area contributed by atoms with Crippen molar-refractivity contribution >= 4 is 0 Å². The molecule has 1 nitrogen and oxygen atoms in total. The van der Waals surface area contributed by atoms with Crippen LogP contribution in [0.2, 0.25) is 0 Å². The van der Waals surface area contributed by atoms with E-state index >= 15 is 0 Å². The molecule has 5 aliphatic rings. The summed E-state index contributed by atoms with van der Waals surface area (Å²) < 4.78 is 6.31. The third kappa shape index (κ3) is 2.96. The minimum absolute atomic E-state index is 0.543. The van der Waals surface area contributed by atoms with Gasteiger partial charge < -0.3 is 4.74 Å². The molecule has 5 saturated carbocycles. The summed E-state index contributed by atoms with van der Waals surface area (Å²) >= 11 is 0. The average molecular weight is 427 g/mol. The Bertz CT molecular complexity index is 709. The predicted octanol–water partition coefficient (Wildman–Crippen LogP) is 8.14. The molecule has 11 atom stereocenters. The molecule has 0 amide bonds. The molecule has 31 heavy (non-hydrogen) atoms. The lowest BCUT2D eigenvalue weighted by Gasteiger charge is -2.61. The average Bonchev–Trinajstić information content (AvgIpc) is 3.24. The van der Waals surface area contributed by atoms with Gasteiger partial charge in [0.1, 0.15) is 0 Å². The first-order chi connectivity index (χ1) is 14.7. The van der Waals surface area contributed by atoms with Crippen molar-refractivity contribution in [2.45, 2.75) is 105 Å². The van der Waals surface area contributed by atoms with Crippen molar-refractivity contribution in [3.05, 3.63) is 12.2 Å². The van der Waals surface area contributed by atoms with E-state index in [9.17, 15) is 0 Å². The van der Waals surface area contributed by atoms with E-state index in [0.29, 0.717) is 22.3 Å². The van der Waals surface area contributed by atoms with E-state index in [1.54, 1.807) is 0 Å². The van der Waals surface area contributed by atoms with Crippen LogP contribution in [-0.4, -0.2) is 13.2 Å². The van der Waals surface area contributed by atoms with Gasteiger partial charge in [-0.15, -0.1) is 0 Å². The molecule has 1 heteroatoms. The summed E-state index contributed by atoms with van der Waals surface area (Å²) in [6.45, 7) is 15.1. The first-order valence-corrected chi connectivity index (χ1v) is 13.9. The lowest BCUT2D eigenvalue weighted by molar-refractivity contribution is -0.160. The number of hydrogen-bond acceptors (Lipinski definition) is 1. The molecule has 0 aromatic rings. The lowest BCUT2D eigenvalue weighted by atomic mass is 9.45. The highest BCUT2D eigenvalue weighted by Gasteiger charge is 2.77. The highest BCUT2D eigenvalue weighted by atomic mass is 16.5. The Morgan fingerprint density at radius 1 is 0.968 bits per heavy atom. The van der Waals surface area contributed by atoms with Crippen molar-refractivity contribution in [3.8, 4) is 0 Å². The van der Waals surface area contributed by atoms with Crippen LogP contribution in [0.1, 0.15) is 99.3 Å². The van der Waals surface area contributed by atoms with Crippen molar-refractivity contribution in [2.75, 3.05) is 7.11 Å². The summed E-state index contributed by atoms with van der Waals surface area (Å²) in [5.74, 6) is 6.92. The minimum atomic E-state index is 0.543. The molecular formula is C30H50O. The van der Waals surface area contributed by atoms with Gasteiger partial charge in [-0.3, -0.25) is 0 Å². The molecule has 0 aromatic carbocycles. The summed E-state index contributed by atoms with van der Waals surface area (Å²) in [5.41, 5.74) is 1.68. The van der Waals surface area contributed by atoms with Gasteiger partial charge in [-0.2, -0.15) is 0 Å². The van der Waals surface area contributed by atoms with E-state index in [0.717, 1.165) is 47.3 Å². The number of allylic oxidation sites excluding steroid dienone is 2. The molecule has 5 fully saturated rings. The number of methoxy groups -OCH3 is 1. The number of fused-ring (bicyclic) bond motifs is 4. The van der Waals surface area contributed by atoms with Crippen LogP contribution in [0.5, 0.6) is 0 Å². The van der Waals surface area contributed by atoms with Crippen molar-refractivity contribution in [1.82, 2.24) is 0 Å². The van der Waals surface area contributed by atoms with Gasteiger partial charge in [-0.1, -0.05) is 53.7 Å². The maximum atomic E-state index is 6.31. The Labute approximate surface area is 193 Å². The van der Waals surface area contributed by atoms with Crippen LogP contribution in [0.3, 0.4) is 0 Å². The van der Waals surface area contributed by atoms with Crippen LogP contribution in [0.4, 0.5) is 0 Å². The van der Waals surface area contributed by atoms with Gasteiger partial charge in [-0.25, -0.2) is 0 Å². The van der Waals surface area contributed by atoms with Crippen molar-refractivity contribution in [1.29, 1.82) is 0 Å². The summed E-state index contributed by atoms with van der Waals surface area (Å²) in [5, 5.41) is 0. The van der Waals surface area contributed by atoms with Crippen molar-refractivity contribution < 1.29 is 4.74 Å². The second-order valence-corrected chi connectivity index (χ2v) is 13.5. The molecule has 0 aliphatic heterocycles. The van der Waals surface area contributed by atoms with Gasteiger partial charge in [-0.05, 0) is 116 Å². The highest BCUT2D eigenvalue weighted by Crippen LogP contribution is 2.82. The van der Waals surface area contributed by atoms with E-state index < -0.39 is 0 Å². The number of hydrogen-bond donors (Lipinski definition) is 0. The first-order valence-electron chi connectivity index (χ1n) is 13.9. The molecule has 0 unspecified atom stereocenters. The minimum Gasteiger partial charge on any atom is -0.381 e. The molecule has 1 spiro atoms. The Morgan fingerprint density at radius 3 is 2.39 bits per heavy atom. The zero-order chi connectivity index (χ0) is 22.2. The smallest absolute Gasteiger partial charge is 0.0638 e. The fraction of sp³-hybridized carbons (Fsp3) is 0.933. The Hall–Kier alpha value is -0.300. The fourth-order valence-corrected chi connectivity index (χ4v) is 10.8. The maximum absolute atomic E-state index is 6.31. The topological polar surface area (TPSA) is 9.23 Å². The summed E-state index contributed by atoms with van der Waals surface area (Å²) in [6.07, 6.45) is 18.7. The molecular weight excluding hydrogens is 376 g/mol. The molecule has 5 aliphatic carbocycles. The molecule has 0 aromatic heterocycles. The van der Waals surface area contributed by atoms with Crippen LogP contribution in [-0.2, 0) is 4.74 Å². The molecule has 0 N–H and O–H groups in total. The first kappa shape index (κ1) is 22.5. The van der Waals surface area contributed by atoms with E-state index in [1.807, 2.05) is 7.11 Å². The molecule has 176 valence electrons. The van der Waals surface area contributed by atoms with Crippen molar-refractivity contribution in [2.24, 2.45) is 63.6 Å². The Morgan fingerprint density at radius 2 is 1.74 bits per heavy atom. The quantitative estimate of drug-likeness (QED) is 0.389. The second kappa shape index (κ2) is 7.61. The fourth-order valence-electron chi connectivity index (χ4n) is 10.8. The molecule has 0 radical (unpaired) electrons.